The van der Waals surface area contributed by atoms with Gasteiger partial charge in [0.05, 0.1) is 60.5 Å². The number of benzene rings is 4. The molecule has 0 aliphatic rings. The van der Waals surface area contributed by atoms with Gasteiger partial charge in [-0.3, -0.25) is 9.74 Å². The van der Waals surface area contributed by atoms with E-state index >= 15 is 0 Å². The summed E-state index contributed by atoms with van der Waals surface area (Å²) < 4.78 is 177. The number of nitrogens with zero attached hydrogens (tertiary/aromatic N) is 2. The van der Waals surface area contributed by atoms with Crippen LogP contribution in [0.2, 0.25) is 0 Å². The fourth-order valence-electron chi connectivity index (χ4n) is 5.41. The van der Waals surface area contributed by atoms with E-state index < -0.39 is 80.7 Å². The van der Waals surface area contributed by atoms with E-state index in [4.69, 9.17) is 43.5 Å². The minimum atomic E-state index is -5.12. The molecular formula is C40H38F12N6O5S2. The maximum absolute atomic E-state index is 14.2. The second-order valence-corrected chi connectivity index (χ2v) is 14.4. The summed E-state index contributed by atoms with van der Waals surface area (Å²) in [5, 5.41) is 9.92. The van der Waals surface area contributed by atoms with Crippen molar-refractivity contribution in [2.75, 3.05) is 78.4 Å². The van der Waals surface area contributed by atoms with E-state index in [1.165, 1.54) is 62.7 Å². The number of halogens is 12. The molecule has 0 unspecified atom stereocenters. The average Bonchev–Trinajstić information content (AvgIpc) is 3.20. The number of nitrogens with one attached hydrogen (secondary N) is 4. The van der Waals surface area contributed by atoms with Gasteiger partial charge in [-0.25, -0.2) is 4.79 Å². The normalized spacial score (nSPS) is 12.6. The first-order valence-corrected chi connectivity index (χ1v) is 19.4. The Bertz CT molecular complexity index is 2210. The molecule has 4 N–H and O–H groups in total. The maximum atomic E-state index is 14.2. The van der Waals surface area contributed by atoms with Gasteiger partial charge in [0.15, 0.2) is 10.2 Å². The number of carbonyl (C=O) groups is 1. The van der Waals surface area contributed by atoms with E-state index in [2.05, 4.69) is 21.3 Å². The molecule has 0 heterocycles. The third-order valence-corrected chi connectivity index (χ3v) is 8.89. The molecule has 4 aromatic carbocycles. The molecule has 0 bridgehead atoms. The zero-order valence-electron chi connectivity index (χ0n) is 34.0. The zero-order chi connectivity index (χ0) is 48.3. The van der Waals surface area contributed by atoms with Crippen LogP contribution in [0.1, 0.15) is 29.2 Å². The number of anilines is 6. The van der Waals surface area contributed by atoms with Crippen LogP contribution in [0.4, 0.5) is 91.6 Å². The van der Waals surface area contributed by atoms with Gasteiger partial charge < -0.3 is 35.5 Å². The molecule has 0 radical (unpaired) electrons. The summed E-state index contributed by atoms with van der Waals surface area (Å²) in [4.78, 5) is 21.2. The highest BCUT2D eigenvalue weighted by atomic mass is 32.1. The van der Waals surface area contributed by atoms with Gasteiger partial charge in [-0.05, 0) is 104 Å². The minimum absolute atomic E-state index is 0.0298. The summed E-state index contributed by atoms with van der Waals surface area (Å²) in [7, 11) is 2.84. The van der Waals surface area contributed by atoms with Crippen LogP contribution in [0.15, 0.2) is 84.9 Å². The number of hydrogen-bond acceptors (Lipinski definition) is 7. The molecule has 0 saturated carbocycles. The monoisotopic (exact) mass is 974 g/mol. The summed E-state index contributed by atoms with van der Waals surface area (Å²) >= 11 is 10.4. The van der Waals surface area contributed by atoms with Crippen molar-refractivity contribution >= 4 is 74.8 Å². The van der Waals surface area contributed by atoms with E-state index in [0.29, 0.717) is 37.5 Å². The van der Waals surface area contributed by atoms with Crippen molar-refractivity contribution in [3.05, 3.63) is 107 Å². The van der Waals surface area contributed by atoms with Crippen molar-refractivity contribution in [3.63, 3.8) is 0 Å². The van der Waals surface area contributed by atoms with Gasteiger partial charge >= 0.3 is 30.7 Å². The fourth-order valence-corrected chi connectivity index (χ4v) is 5.88. The van der Waals surface area contributed by atoms with Crippen molar-refractivity contribution in [1.29, 1.82) is 0 Å². The number of urea groups is 1. The molecular weight excluding hydrogens is 937 g/mol. The third kappa shape index (κ3) is 16.2. The van der Waals surface area contributed by atoms with Gasteiger partial charge in [0.2, 0.25) is 0 Å². The second kappa shape index (κ2) is 22.1. The molecule has 4 rings (SSSR count). The third-order valence-electron chi connectivity index (χ3n) is 8.48. The maximum Gasteiger partial charge on any atom is 0.416 e. The lowest BCUT2D eigenvalue weighted by atomic mass is 10.1. The van der Waals surface area contributed by atoms with E-state index in [9.17, 15) is 57.5 Å². The lowest BCUT2D eigenvalue weighted by Gasteiger charge is -2.29. The molecule has 0 saturated heterocycles. The molecule has 354 valence electrons. The summed E-state index contributed by atoms with van der Waals surface area (Å²) in [6.07, 6.45) is -21.1. The van der Waals surface area contributed by atoms with Crippen LogP contribution >= 0.6 is 24.4 Å². The Morgan fingerprint density at radius 1 is 0.585 bits per heavy atom. The molecule has 25 heteroatoms. The molecule has 11 nitrogen and oxygen atoms in total. The van der Waals surface area contributed by atoms with E-state index in [0.717, 1.165) is 9.96 Å². The van der Waals surface area contributed by atoms with Crippen LogP contribution in [0.5, 0.6) is 0 Å². The Morgan fingerprint density at radius 3 is 1.42 bits per heavy atom. The number of thiocarbonyl (C=S) groups is 2. The zero-order valence-corrected chi connectivity index (χ0v) is 35.6. The van der Waals surface area contributed by atoms with E-state index in [1.807, 2.05) is 0 Å². The number of amides is 2. The van der Waals surface area contributed by atoms with Gasteiger partial charge in [-0.2, -0.15) is 57.7 Å². The topological polar surface area (TPSA) is 109 Å². The first kappa shape index (κ1) is 52.2. The predicted molar refractivity (Wildman–Crippen MR) is 226 cm³/mol. The number of carbonyl (C=O) groups excluding carboxylic acids is 1. The summed E-state index contributed by atoms with van der Waals surface area (Å²) in [6, 6.07) is 12.1. The smallest absolute Gasteiger partial charge is 0.382 e. The first-order chi connectivity index (χ1) is 30.2. The molecule has 0 aliphatic heterocycles. The highest BCUT2D eigenvalue weighted by molar-refractivity contribution is 7.81. The van der Waals surface area contributed by atoms with Crippen LogP contribution in [0.25, 0.3) is 0 Å². The van der Waals surface area contributed by atoms with Gasteiger partial charge in [0.25, 0.3) is 0 Å². The molecule has 0 spiro atoms. The van der Waals surface area contributed by atoms with E-state index in [-0.39, 0.29) is 54.7 Å². The Labute approximate surface area is 373 Å². The van der Waals surface area contributed by atoms with Gasteiger partial charge in [-0.15, -0.1) is 0 Å². The van der Waals surface area contributed by atoms with Crippen molar-refractivity contribution < 1.29 is 76.5 Å². The first-order valence-electron chi connectivity index (χ1n) is 18.6. The molecule has 0 aliphatic carbocycles. The van der Waals surface area contributed by atoms with Gasteiger partial charge in [-0.1, -0.05) is 12.1 Å². The SMILES string of the molecule is COCCOCCO[C@H](C)CON(C(=O)N(C)c1cccc(NC(=S)Nc2cc(C(F)(F)F)cc(C(F)(F)F)c2)c1)c1cccc(NC(=S)Nc2cc(C(F)(F)F)cc(C(F)(F)F)c2)c1. The van der Waals surface area contributed by atoms with Crippen LogP contribution < -0.4 is 31.2 Å². The summed E-state index contributed by atoms with van der Waals surface area (Å²) in [6.45, 7) is 2.41. The number of alkyl halides is 12. The lowest BCUT2D eigenvalue weighted by Crippen LogP contribution is -2.43. The molecule has 0 aromatic heterocycles. The molecule has 4 aromatic rings. The van der Waals surface area contributed by atoms with Crippen LogP contribution in [0.3, 0.4) is 0 Å². The van der Waals surface area contributed by atoms with Gasteiger partial charge in [0, 0.05) is 42.6 Å². The quantitative estimate of drug-likeness (QED) is 0.0373. The second-order valence-electron chi connectivity index (χ2n) is 13.6. The Hall–Kier alpha value is -5.47. The predicted octanol–water partition coefficient (Wildman–Crippen LogP) is 11.4. The van der Waals surface area contributed by atoms with Crippen LogP contribution in [-0.2, 0) is 43.8 Å². The van der Waals surface area contributed by atoms with E-state index in [1.54, 1.807) is 6.92 Å². The van der Waals surface area contributed by atoms with Crippen LogP contribution in [-0.4, -0.2) is 69.6 Å². The summed E-state index contributed by atoms with van der Waals surface area (Å²) in [5.74, 6) is 0. The van der Waals surface area contributed by atoms with Crippen molar-refractivity contribution in [1.82, 2.24) is 0 Å². The highest BCUT2D eigenvalue weighted by Gasteiger charge is 2.38. The number of methoxy groups -OCH3 is 1. The molecule has 0 fully saturated rings. The van der Waals surface area contributed by atoms with Gasteiger partial charge in [0.1, 0.15) is 6.61 Å². The standard InChI is InChI=1S/C40H38F12N6O5S2/c1-23(62-13-12-61-11-10-60-3)22-63-58(33-9-5-7-29(21-33)54-35(65)56-31-18-26(39(47,48)49)15-27(19-31)40(50,51)52)36(59)57(2)32-8-4-6-28(20-32)53-34(64)55-30-16-24(37(41,42)43)14-25(17-30)38(44,45)46/h4-9,14-21,23H,10-13,22H2,1-3H3,(H2,53,55,64)(H2,54,56,65)/t23-/m1/s1. The lowest BCUT2D eigenvalue weighted by molar-refractivity contribution is -0.144. The average molecular weight is 975 g/mol. The number of ether oxygens (including phenoxy) is 3. The summed E-state index contributed by atoms with van der Waals surface area (Å²) in [5.41, 5.74) is -7.11. The number of hydrogen-bond donors (Lipinski definition) is 4. The Balaban J connectivity index is 1.56. The highest BCUT2D eigenvalue weighted by Crippen LogP contribution is 2.39. The Morgan fingerprint density at radius 2 is 0.985 bits per heavy atom. The van der Waals surface area contributed by atoms with Crippen LogP contribution in [0, 0.1) is 0 Å². The fraction of sp³-hybridized carbons (Fsp3) is 0.325. The largest absolute Gasteiger partial charge is 0.416 e. The molecule has 65 heavy (non-hydrogen) atoms. The number of rotatable bonds is 16. The molecule has 1 atom stereocenters. The van der Waals surface area contributed by atoms with Crippen molar-refractivity contribution in [2.24, 2.45) is 0 Å². The van der Waals surface area contributed by atoms with Crippen molar-refractivity contribution in [2.45, 2.75) is 37.7 Å². The van der Waals surface area contributed by atoms with Crippen molar-refractivity contribution in [3.8, 4) is 0 Å². The number of hydroxylamine groups is 1. The Kier molecular flexibility index (Phi) is 17.8. The molecule has 2 amide bonds. The minimum Gasteiger partial charge on any atom is -0.382 e.